The van der Waals surface area contributed by atoms with Gasteiger partial charge in [-0.25, -0.2) is 0 Å². The third kappa shape index (κ3) is 3.59. The van der Waals surface area contributed by atoms with Gasteiger partial charge in [-0.3, -0.25) is 4.79 Å². The van der Waals surface area contributed by atoms with Gasteiger partial charge in [-0.2, -0.15) is 5.01 Å². The Morgan fingerprint density at radius 2 is 1.64 bits per heavy atom. The summed E-state index contributed by atoms with van der Waals surface area (Å²) >= 11 is 9.80. The van der Waals surface area contributed by atoms with Crippen LogP contribution in [0, 0.1) is 0 Å². The average Bonchev–Trinajstić information content (AvgIpc) is 3.16. The van der Waals surface area contributed by atoms with Gasteiger partial charge in [-0.05, 0) is 36.3 Å². The molecule has 0 bridgehead atoms. The highest BCUT2D eigenvalue weighted by Crippen LogP contribution is 2.31. The number of carbonyl (C=O) groups is 1. The standard InChI is InChI=1S/C18H12N2OS4/c21-16-15(11-10-12-6-2-1-3-7-12)25-18(22)20(16)19-17-23-13-8-4-5-9-14(13)24-17/h1-9,11H,10H2/b15-11-. The predicted molar refractivity (Wildman–Crippen MR) is 111 cm³/mol. The Labute approximate surface area is 162 Å². The third-order valence-corrected chi connectivity index (χ3v) is 7.19. The number of thiocarbonyl (C=S) groups is 1. The fraction of sp³-hybridized carbons (Fsp3) is 0.0556. The molecular weight excluding hydrogens is 388 g/mol. The predicted octanol–water partition coefficient (Wildman–Crippen LogP) is 4.77. The number of rotatable bonds is 3. The van der Waals surface area contributed by atoms with Gasteiger partial charge in [0.05, 0.1) is 4.91 Å². The zero-order valence-electron chi connectivity index (χ0n) is 12.9. The largest absolute Gasteiger partial charge is 0.286 e. The summed E-state index contributed by atoms with van der Waals surface area (Å²) < 4.78 is 3.63. The lowest BCUT2D eigenvalue weighted by molar-refractivity contribution is -0.122. The fourth-order valence-corrected chi connectivity index (χ4v) is 5.70. The quantitative estimate of drug-likeness (QED) is 0.469. The van der Waals surface area contributed by atoms with Gasteiger partial charge in [-0.1, -0.05) is 60.3 Å². The molecule has 1 aliphatic rings. The van der Waals surface area contributed by atoms with Crippen LogP contribution in [-0.4, -0.2) is 15.2 Å². The van der Waals surface area contributed by atoms with Gasteiger partial charge < -0.3 is 0 Å². The van der Waals surface area contributed by atoms with E-state index in [1.807, 2.05) is 48.5 Å². The molecule has 0 radical (unpaired) electrons. The van der Waals surface area contributed by atoms with Gasteiger partial charge in [0.25, 0.3) is 5.91 Å². The van der Waals surface area contributed by atoms with Crippen LogP contribution in [0.3, 0.4) is 0 Å². The second-order valence-electron chi connectivity index (χ2n) is 5.26. The summed E-state index contributed by atoms with van der Waals surface area (Å²) in [6.07, 6.45) is 2.63. The summed E-state index contributed by atoms with van der Waals surface area (Å²) in [7, 11) is 0. The summed E-state index contributed by atoms with van der Waals surface area (Å²) in [5.41, 5.74) is 1.16. The molecule has 0 unspecified atom stereocenters. The number of amides is 1. The second-order valence-corrected chi connectivity index (χ2v) is 9.26. The Bertz CT molecular complexity index is 1010. The molecule has 25 heavy (non-hydrogen) atoms. The van der Waals surface area contributed by atoms with Gasteiger partial charge in [-0.15, -0.1) is 27.8 Å². The van der Waals surface area contributed by atoms with Crippen LogP contribution in [0.15, 0.2) is 70.7 Å². The molecule has 2 aromatic carbocycles. The van der Waals surface area contributed by atoms with Crippen LogP contribution in [0.4, 0.5) is 0 Å². The molecule has 1 saturated heterocycles. The second kappa shape index (κ2) is 7.21. The number of thioether (sulfide) groups is 1. The SMILES string of the molecule is O=C1/C(=C/Cc2ccccc2)SC(=S)N1N=c1sc2ccccc2s1. The number of hydrogen-bond acceptors (Lipinski definition) is 6. The third-order valence-electron chi connectivity index (χ3n) is 3.56. The molecule has 0 spiro atoms. The van der Waals surface area contributed by atoms with Crippen molar-refractivity contribution < 1.29 is 4.79 Å². The van der Waals surface area contributed by atoms with Crippen LogP contribution in [0.25, 0.3) is 9.40 Å². The number of benzene rings is 2. The highest BCUT2D eigenvalue weighted by atomic mass is 32.2. The van der Waals surface area contributed by atoms with Crippen molar-refractivity contribution in [2.45, 2.75) is 6.42 Å². The summed E-state index contributed by atoms with van der Waals surface area (Å²) in [5.74, 6) is -0.143. The van der Waals surface area contributed by atoms with Gasteiger partial charge in [0.1, 0.15) is 0 Å². The van der Waals surface area contributed by atoms with Gasteiger partial charge in [0, 0.05) is 9.40 Å². The maximum Gasteiger partial charge on any atom is 0.286 e. The first kappa shape index (κ1) is 16.7. The molecule has 0 atom stereocenters. The molecule has 4 rings (SSSR count). The maximum absolute atomic E-state index is 12.6. The number of fused-ring (bicyclic) bond motifs is 1. The number of nitrogens with zero attached hydrogens (tertiary/aromatic N) is 2. The van der Waals surface area contributed by atoms with Crippen LogP contribution in [0.2, 0.25) is 0 Å². The molecule has 2 heterocycles. The van der Waals surface area contributed by atoms with Crippen LogP contribution in [0.5, 0.6) is 0 Å². The maximum atomic E-state index is 12.6. The zero-order valence-corrected chi connectivity index (χ0v) is 16.2. The molecule has 124 valence electrons. The van der Waals surface area contributed by atoms with Gasteiger partial charge in [0.2, 0.25) is 0 Å². The van der Waals surface area contributed by atoms with E-state index in [0.29, 0.717) is 15.6 Å². The fourth-order valence-electron chi connectivity index (χ4n) is 2.36. The Balaban J connectivity index is 1.60. The lowest BCUT2D eigenvalue weighted by Gasteiger charge is -2.04. The Kier molecular flexibility index (Phi) is 4.80. The highest BCUT2D eigenvalue weighted by molar-refractivity contribution is 8.26. The molecule has 0 saturated carbocycles. The summed E-state index contributed by atoms with van der Waals surface area (Å²) in [6.45, 7) is 0. The minimum Gasteiger partial charge on any atom is -0.266 e. The molecule has 1 aliphatic heterocycles. The van der Waals surface area contributed by atoms with Crippen LogP contribution >= 0.6 is 46.7 Å². The molecule has 0 aliphatic carbocycles. The van der Waals surface area contributed by atoms with E-state index in [4.69, 9.17) is 12.2 Å². The Morgan fingerprint density at radius 1 is 1.00 bits per heavy atom. The van der Waals surface area contributed by atoms with E-state index >= 15 is 0 Å². The summed E-state index contributed by atoms with van der Waals surface area (Å²) in [6, 6.07) is 18.2. The van der Waals surface area contributed by atoms with E-state index in [1.165, 1.54) is 16.8 Å². The van der Waals surface area contributed by atoms with E-state index in [1.54, 1.807) is 22.7 Å². The van der Waals surface area contributed by atoms with Crippen molar-refractivity contribution in [2.75, 3.05) is 0 Å². The molecule has 1 amide bonds. The molecule has 7 heteroatoms. The van der Waals surface area contributed by atoms with E-state index in [9.17, 15) is 4.79 Å². The average molecular weight is 401 g/mol. The minimum absolute atomic E-state index is 0.143. The first-order valence-electron chi connectivity index (χ1n) is 7.54. The monoisotopic (exact) mass is 400 g/mol. The van der Waals surface area contributed by atoms with E-state index in [-0.39, 0.29) is 5.91 Å². The topological polar surface area (TPSA) is 32.7 Å². The van der Waals surface area contributed by atoms with Gasteiger partial charge in [0.15, 0.2) is 8.31 Å². The van der Waals surface area contributed by atoms with Crippen molar-refractivity contribution in [1.82, 2.24) is 5.01 Å². The lowest BCUT2D eigenvalue weighted by Crippen LogP contribution is -2.24. The van der Waals surface area contributed by atoms with Crippen LogP contribution in [-0.2, 0) is 11.2 Å². The number of hydrogen-bond donors (Lipinski definition) is 0. The van der Waals surface area contributed by atoms with E-state index in [2.05, 4.69) is 17.2 Å². The van der Waals surface area contributed by atoms with Crippen molar-refractivity contribution in [3.8, 4) is 0 Å². The van der Waals surface area contributed by atoms with Crippen molar-refractivity contribution >= 4 is 66.3 Å². The molecular formula is C18H12N2OS4. The van der Waals surface area contributed by atoms with Gasteiger partial charge >= 0.3 is 0 Å². The van der Waals surface area contributed by atoms with Crippen molar-refractivity contribution in [1.29, 1.82) is 0 Å². The van der Waals surface area contributed by atoms with Crippen molar-refractivity contribution in [3.05, 3.63) is 75.1 Å². The minimum atomic E-state index is -0.143. The number of carbonyl (C=O) groups excluding carboxylic acids is 1. The summed E-state index contributed by atoms with van der Waals surface area (Å²) in [5, 5.41) is 5.83. The first-order valence-corrected chi connectivity index (χ1v) is 10.4. The molecule has 0 N–H and O–H groups in total. The van der Waals surface area contributed by atoms with Crippen LogP contribution < -0.4 is 3.98 Å². The normalized spacial score (nSPS) is 16.2. The van der Waals surface area contributed by atoms with E-state index < -0.39 is 0 Å². The molecule has 1 aromatic heterocycles. The smallest absolute Gasteiger partial charge is 0.266 e. The zero-order chi connectivity index (χ0) is 17.2. The molecule has 3 nitrogen and oxygen atoms in total. The summed E-state index contributed by atoms with van der Waals surface area (Å²) in [4.78, 5) is 13.3. The van der Waals surface area contributed by atoms with E-state index in [0.717, 1.165) is 18.9 Å². The highest BCUT2D eigenvalue weighted by Gasteiger charge is 2.32. The van der Waals surface area contributed by atoms with Crippen molar-refractivity contribution in [3.63, 3.8) is 0 Å². The lowest BCUT2D eigenvalue weighted by atomic mass is 10.1. The number of allylic oxidation sites excluding steroid dienone is 1. The Morgan fingerprint density at radius 3 is 2.32 bits per heavy atom. The molecule has 1 fully saturated rings. The molecule has 3 aromatic rings. The first-order chi connectivity index (χ1) is 12.2. The Hall–Kier alpha value is -1.80. The van der Waals surface area contributed by atoms with Crippen LogP contribution in [0.1, 0.15) is 5.56 Å². The van der Waals surface area contributed by atoms with Crippen molar-refractivity contribution in [2.24, 2.45) is 5.10 Å².